The lowest BCUT2D eigenvalue weighted by Crippen LogP contribution is -2.25. The van der Waals surface area contributed by atoms with E-state index in [1.165, 1.54) is 0 Å². The van der Waals surface area contributed by atoms with Gasteiger partial charge in [-0.25, -0.2) is 9.97 Å². The number of hydrogen-bond donors (Lipinski definition) is 1. The summed E-state index contributed by atoms with van der Waals surface area (Å²) < 4.78 is 1.79. The smallest absolute Gasteiger partial charge is 0.252 e. The second kappa shape index (κ2) is 8.71. The highest BCUT2D eigenvalue weighted by Gasteiger charge is 2.18. The average molecular weight is 417 g/mol. The number of amides is 1. The normalized spacial score (nSPS) is 10.6. The summed E-state index contributed by atoms with van der Waals surface area (Å²) in [5.41, 5.74) is 1.97. The van der Waals surface area contributed by atoms with Crippen LogP contribution in [0.5, 0.6) is 0 Å². The molecule has 0 saturated carbocycles. The molecule has 7 heteroatoms. The Balaban J connectivity index is 1.47. The van der Waals surface area contributed by atoms with E-state index >= 15 is 0 Å². The third-order valence-corrected chi connectivity index (χ3v) is 4.81. The van der Waals surface area contributed by atoms with Gasteiger partial charge in [0.1, 0.15) is 12.1 Å². The van der Waals surface area contributed by atoms with E-state index in [0.717, 1.165) is 11.4 Å². The highest BCUT2D eigenvalue weighted by molar-refractivity contribution is 6.30. The number of hydrogen-bond acceptors (Lipinski definition) is 4. The van der Waals surface area contributed by atoms with Gasteiger partial charge < -0.3 is 5.32 Å². The topological polar surface area (TPSA) is 76.9 Å². The molecule has 6 nitrogen and oxygen atoms in total. The van der Waals surface area contributed by atoms with Gasteiger partial charge in [0.15, 0.2) is 5.78 Å². The van der Waals surface area contributed by atoms with Crippen molar-refractivity contribution in [1.29, 1.82) is 0 Å². The molecule has 2 heterocycles. The summed E-state index contributed by atoms with van der Waals surface area (Å²) in [5, 5.41) is 3.40. The van der Waals surface area contributed by atoms with Crippen LogP contribution in [0.3, 0.4) is 0 Å². The molecular formula is C23H17ClN4O2. The number of carbonyl (C=O) groups is 2. The van der Waals surface area contributed by atoms with Crippen LogP contribution >= 0.6 is 11.6 Å². The number of carbonyl (C=O) groups excluding carboxylic acids is 2. The largest absolute Gasteiger partial charge is 0.348 e. The molecule has 30 heavy (non-hydrogen) atoms. The molecule has 2 aromatic heterocycles. The van der Waals surface area contributed by atoms with Crippen molar-refractivity contribution in [3.8, 4) is 5.82 Å². The molecule has 4 aromatic rings. The SMILES string of the molecule is O=C(NCc1ccc(-n2ccnc2)nc1)c1ccccc1C(=O)c1ccc(Cl)cc1. The lowest BCUT2D eigenvalue weighted by molar-refractivity contribution is 0.0939. The zero-order valence-electron chi connectivity index (χ0n) is 15.8. The average Bonchev–Trinajstić information content (AvgIpc) is 3.33. The van der Waals surface area contributed by atoms with Crippen molar-refractivity contribution in [2.75, 3.05) is 0 Å². The minimum Gasteiger partial charge on any atom is -0.348 e. The minimum absolute atomic E-state index is 0.233. The van der Waals surface area contributed by atoms with Crippen LogP contribution in [-0.2, 0) is 6.54 Å². The molecule has 0 aliphatic rings. The van der Waals surface area contributed by atoms with Crippen LogP contribution in [0.1, 0.15) is 31.8 Å². The van der Waals surface area contributed by atoms with Gasteiger partial charge in [-0.3, -0.25) is 14.2 Å². The first-order valence-electron chi connectivity index (χ1n) is 9.22. The van der Waals surface area contributed by atoms with Crippen LogP contribution in [0.2, 0.25) is 5.02 Å². The predicted molar refractivity (Wildman–Crippen MR) is 114 cm³/mol. The highest BCUT2D eigenvalue weighted by Crippen LogP contribution is 2.17. The number of rotatable bonds is 6. The van der Waals surface area contributed by atoms with Gasteiger partial charge in [-0.2, -0.15) is 0 Å². The van der Waals surface area contributed by atoms with Crippen LogP contribution in [-0.4, -0.2) is 26.2 Å². The van der Waals surface area contributed by atoms with Gasteiger partial charge in [0.2, 0.25) is 0 Å². The fourth-order valence-electron chi connectivity index (χ4n) is 2.98. The van der Waals surface area contributed by atoms with Gasteiger partial charge in [0.25, 0.3) is 5.91 Å². The molecule has 0 atom stereocenters. The van der Waals surface area contributed by atoms with Crippen molar-refractivity contribution in [2.24, 2.45) is 0 Å². The maximum Gasteiger partial charge on any atom is 0.252 e. The maximum absolute atomic E-state index is 12.9. The van der Waals surface area contributed by atoms with Crippen LogP contribution in [0.4, 0.5) is 0 Å². The fraction of sp³-hybridized carbons (Fsp3) is 0.0435. The van der Waals surface area contributed by atoms with E-state index in [-0.39, 0.29) is 11.7 Å². The van der Waals surface area contributed by atoms with Crippen LogP contribution < -0.4 is 5.32 Å². The molecule has 0 unspecified atom stereocenters. The van der Waals surface area contributed by atoms with E-state index in [1.807, 2.05) is 12.1 Å². The van der Waals surface area contributed by atoms with E-state index in [9.17, 15) is 9.59 Å². The summed E-state index contributed by atoms with van der Waals surface area (Å²) >= 11 is 5.90. The van der Waals surface area contributed by atoms with Crippen molar-refractivity contribution in [1.82, 2.24) is 19.9 Å². The highest BCUT2D eigenvalue weighted by atomic mass is 35.5. The Morgan fingerprint density at radius 2 is 1.73 bits per heavy atom. The number of nitrogens with zero attached hydrogens (tertiary/aromatic N) is 3. The number of pyridine rings is 1. The first kappa shape index (κ1) is 19.5. The van der Waals surface area contributed by atoms with Gasteiger partial charge in [-0.1, -0.05) is 35.9 Å². The van der Waals surface area contributed by atoms with Gasteiger partial charge in [-0.05, 0) is 42.0 Å². The van der Waals surface area contributed by atoms with Crippen molar-refractivity contribution >= 4 is 23.3 Å². The van der Waals surface area contributed by atoms with Crippen molar-refractivity contribution in [2.45, 2.75) is 6.54 Å². The number of benzene rings is 2. The second-order valence-electron chi connectivity index (χ2n) is 6.56. The minimum atomic E-state index is -0.327. The van der Waals surface area contributed by atoms with Crippen molar-refractivity contribution in [3.05, 3.63) is 113 Å². The Kier molecular flexibility index (Phi) is 5.68. The molecule has 1 N–H and O–H groups in total. The van der Waals surface area contributed by atoms with E-state index in [0.29, 0.717) is 28.3 Å². The van der Waals surface area contributed by atoms with Crippen LogP contribution in [0, 0.1) is 0 Å². The third kappa shape index (κ3) is 4.29. The molecule has 1 amide bonds. The standard InChI is InChI=1S/C23H17ClN4O2/c24-18-8-6-17(7-9-18)22(29)19-3-1-2-4-20(19)23(30)27-14-16-5-10-21(26-13-16)28-12-11-25-15-28/h1-13,15H,14H2,(H,27,30). The van der Waals surface area contributed by atoms with Crippen molar-refractivity contribution < 1.29 is 9.59 Å². The Labute approximate surface area is 178 Å². The quantitative estimate of drug-likeness (QED) is 0.480. The molecule has 0 radical (unpaired) electrons. The summed E-state index contributed by atoms with van der Waals surface area (Å²) in [6, 6.07) is 17.1. The lowest BCUT2D eigenvalue weighted by atomic mass is 9.98. The molecular weight excluding hydrogens is 400 g/mol. The van der Waals surface area contributed by atoms with Crippen molar-refractivity contribution in [3.63, 3.8) is 0 Å². The molecule has 148 valence electrons. The Morgan fingerprint density at radius 1 is 0.967 bits per heavy atom. The number of imidazole rings is 1. The van der Waals surface area contributed by atoms with E-state index in [1.54, 1.807) is 78.0 Å². The summed E-state index contributed by atoms with van der Waals surface area (Å²) in [7, 11) is 0. The first-order valence-corrected chi connectivity index (χ1v) is 9.60. The summed E-state index contributed by atoms with van der Waals surface area (Å²) in [5.74, 6) is 0.178. The summed E-state index contributed by atoms with van der Waals surface area (Å²) in [6.07, 6.45) is 6.84. The molecule has 0 saturated heterocycles. The van der Waals surface area contributed by atoms with Crippen LogP contribution in [0.15, 0.2) is 85.6 Å². The Hall–Kier alpha value is -3.77. The molecule has 0 aliphatic carbocycles. The summed E-state index contributed by atoms with van der Waals surface area (Å²) in [6.45, 7) is 0.291. The number of nitrogens with one attached hydrogen (secondary N) is 1. The van der Waals surface area contributed by atoms with Crippen LogP contribution in [0.25, 0.3) is 5.82 Å². The number of ketones is 1. The number of aromatic nitrogens is 3. The fourth-order valence-corrected chi connectivity index (χ4v) is 3.11. The Morgan fingerprint density at radius 3 is 2.40 bits per heavy atom. The monoisotopic (exact) mass is 416 g/mol. The van der Waals surface area contributed by atoms with E-state index < -0.39 is 0 Å². The van der Waals surface area contributed by atoms with E-state index in [4.69, 9.17) is 11.6 Å². The zero-order valence-corrected chi connectivity index (χ0v) is 16.6. The van der Waals surface area contributed by atoms with Gasteiger partial charge in [0.05, 0.1) is 5.56 Å². The maximum atomic E-state index is 12.9. The van der Waals surface area contributed by atoms with E-state index in [2.05, 4.69) is 15.3 Å². The molecule has 0 bridgehead atoms. The number of halogens is 1. The molecule has 4 rings (SSSR count). The second-order valence-corrected chi connectivity index (χ2v) is 7.00. The van der Waals surface area contributed by atoms with Gasteiger partial charge in [-0.15, -0.1) is 0 Å². The Bertz CT molecular complexity index is 1170. The molecule has 0 aliphatic heterocycles. The zero-order chi connectivity index (χ0) is 20.9. The first-order chi connectivity index (χ1) is 14.6. The third-order valence-electron chi connectivity index (χ3n) is 4.55. The summed E-state index contributed by atoms with van der Waals surface area (Å²) in [4.78, 5) is 34.0. The predicted octanol–water partition coefficient (Wildman–Crippen LogP) is 4.08. The van der Waals surface area contributed by atoms with Gasteiger partial charge >= 0.3 is 0 Å². The lowest BCUT2D eigenvalue weighted by Gasteiger charge is -2.10. The molecule has 2 aromatic carbocycles. The van der Waals surface area contributed by atoms with Gasteiger partial charge in [0, 0.05) is 41.3 Å². The molecule has 0 fully saturated rings. The molecule has 0 spiro atoms.